The molecule has 0 saturated heterocycles. The van der Waals surface area contributed by atoms with Gasteiger partial charge in [-0.1, -0.05) is 0 Å². The van der Waals surface area contributed by atoms with Crippen LogP contribution in [0, 0.1) is 0 Å². The molecule has 0 saturated carbocycles. The molecule has 0 bridgehead atoms. The van der Waals surface area contributed by atoms with Crippen molar-refractivity contribution in [2.24, 2.45) is 5.73 Å². The maximum Gasteiger partial charge on any atom is 0.242 e. The molecule has 9 N–H and O–H groups in total. The zero-order valence-corrected chi connectivity index (χ0v) is 22.3. The molecule has 0 aliphatic carbocycles. The summed E-state index contributed by atoms with van der Waals surface area (Å²) < 4.78 is 0. The second-order valence-corrected chi connectivity index (χ2v) is 8.70. The monoisotopic (exact) mass is 542 g/mol. The summed E-state index contributed by atoms with van der Waals surface area (Å²) in [7, 11) is 0. The number of aldehydes is 1. The molecule has 6 atom stereocenters. The molecule has 0 aliphatic heterocycles. The molecule has 0 aliphatic rings. The van der Waals surface area contributed by atoms with Gasteiger partial charge in [0.05, 0.1) is 25.2 Å². The Hall–Kier alpha value is -4.08. The Morgan fingerprint density at radius 2 is 0.921 bits per heavy atom. The Bertz CT molecular complexity index is 910. The minimum Gasteiger partial charge on any atom is -0.346 e. The number of amides is 7. The molecule has 38 heavy (non-hydrogen) atoms. The summed E-state index contributed by atoms with van der Waals surface area (Å²) in [4.78, 5) is 94.4. The van der Waals surface area contributed by atoms with Gasteiger partial charge in [-0.15, -0.1) is 0 Å². The first-order valence-corrected chi connectivity index (χ1v) is 11.8. The first-order chi connectivity index (χ1) is 17.6. The Morgan fingerprint density at radius 3 is 1.32 bits per heavy atom. The molecule has 0 rings (SSSR count). The van der Waals surface area contributed by atoms with Crippen molar-refractivity contribution in [3.63, 3.8) is 0 Å². The molecule has 0 aromatic heterocycles. The fourth-order valence-electron chi connectivity index (χ4n) is 2.52. The van der Waals surface area contributed by atoms with Crippen molar-refractivity contribution in [3.05, 3.63) is 0 Å². The lowest BCUT2D eigenvalue weighted by atomic mass is 10.2. The number of nitrogens with one attached hydrogen (secondary N) is 7. The van der Waals surface area contributed by atoms with Crippen molar-refractivity contribution >= 4 is 47.6 Å². The van der Waals surface area contributed by atoms with Gasteiger partial charge in [0.25, 0.3) is 0 Å². The average molecular weight is 543 g/mol. The molecule has 0 radical (unpaired) electrons. The van der Waals surface area contributed by atoms with Crippen LogP contribution in [-0.4, -0.2) is 97.0 Å². The van der Waals surface area contributed by atoms with E-state index in [-0.39, 0.29) is 0 Å². The third-order valence-corrected chi connectivity index (χ3v) is 4.88. The number of rotatable bonds is 15. The largest absolute Gasteiger partial charge is 0.346 e. The molecule has 0 unspecified atom stereocenters. The average Bonchev–Trinajstić information content (AvgIpc) is 2.85. The highest BCUT2D eigenvalue weighted by molar-refractivity contribution is 5.96. The zero-order valence-electron chi connectivity index (χ0n) is 22.3. The van der Waals surface area contributed by atoms with Crippen LogP contribution in [0.15, 0.2) is 0 Å². The summed E-state index contributed by atoms with van der Waals surface area (Å²) in [5.74, 6) is -4.53. The Balaban J connectivity index is 4.52. The highest BCUT2D eigenvalue weighted by Crippen LogP contribution is 1.93. The van der Waals surface area contributed by atoms with Crippen LogP contribution in [0.25, 0.3) is 0 Å². The molecular formula is C22H38N8O8. The highest BCUT2D eigenvalue weighted by atomic mass is 16.2. The van der Waals surface area contributed by atoms with Crippen LogP contribution in [0.2, 0.25) is 0 Å². The molecular weight excluding hydrogens is 504 g/mol. The predicted octanol–water partition coefficient (Wildman–Crippen LogP) is -4.71. The minimum atomic E-state index is -1.08. The molecule has 0 aromatic carbocycles. The van der Waals surface area contributed by atoms with Gasteiger partial charge in [-0.25, -0.2) is 0 Å². The second kappa shape index (κ2) is 16.6. The van der Waals surface area contributed by atoms with Crippen LogP contribution in [0.3, 0.4) is 0 Å². The first kappa shape index (κ1) is 33.9. The minimum absolute atomic E-state index is 0.393. The van der Waals surface area contributed by atoms with E-state index in [4.69, 9.17) is 5.73 Å². The Morgan fingerprint density at radius 1 is 0.553 bits per heavy atom. The van der Waals surface area contributed by atoms with E-state index in [0.29, 0.717) is 6.29 Å². The number of hydrogen-bond donors (Lipinski definition) is 8. The van der Waals surface area contributed by atoms with Crippen LogP contribution in [0.5, 0.6) is 0 Å². The van der Waals surface area contributed by atoms with Gasteiger partial charge >= 0.3 is 0 Å². The molecule has 214 valence electrons. The van der Waals surface area contributed by atoms with Gasteiger partial charge in [0, 0.05) is 0 Å². The summed E-state index contributed by atoms with van der Waals surface area (Å²) in [5.41, 5.74) is 5.43. The Kier molecular flexibility index (Phi) is 14.8. The van der Waals surface area contributed by atoms with E-state index < -0.39 is 90.7 Å². The van der Waals surface area contributed by atoms with Gasteiger partial charge in [-0.2, -0.15) is 0 Å². The SMILES string of the molecule is C[C@H](N)C(=O)N[C@@H](C)C(=O)N[C@@H](C)C(=O)N[C@@H](C)C(=O)N[C@@H](C)C(=O)NCC(=O)NCC(=O)N[C@@H](C)C=O. The van der Waals surface area contributed by atoms with E-state index in [0.717, 1.165) is 0 Å². The van der Waals surface area contributed by atoms with E-state index in [1.165, 1.54) is 41.5 Å². The molecule has 0 fully saturated rings. The fraction of sp³-hybridized carbons (Fsp3) is 0.636. The van der Waals surface area contributed by atoms with Crippen LogP contribution in [-0.2, 0) is 38.4 Å². The molecule has 0 aromatic rings. The van der Waals surface area contributed by atoms with Gasteiger partial charge < -0.3 is 47.7 Å². The van der Waals surface area contributed by atoms with Gasteiger partial charge in [-0.3, -0.25) is 33.6 Å². The lowest BCUT2D eigenvalue weighted by Crippen LogP contribution is -2.56. The quantitative estimate of drug-likeness (QED) is 0.0925. The van der Waals surface area contributed by atoms with E-state index in [1.807, 2.05) is 0 Å². The van der Waals surface area contributed by atoms with Gasteiger partial charge in [0.2, 0.25) is 41.4 Å². The summed E-state index contributed by atoms with van der Waals surface area (Å²) in [6.07, 6.45) is 0.523. The lowest BCUT2D eigenvalue weighted by molar-refractivity contribution is -0.134. The van der Waals surface area contributed by atoms with Crippen molar-refractivity contribution in [1.29, 1.82) is 0 Å². The molecule has 16 heteroatoms. The highest BCUT2D eigenvalue weighted by Gasteiger charge is 2.25. The smallest absolute Gasteiger partial charge is 0.242 e. The molecule has 0 spiro atoms. The summed E-state index contributed by atoms with van der Waals surface area (Å²) in [6.45, 7) is 7.56. The predicted molar refractivity (Wildman–Crippen MR) is 134 cm³/mol. The maximum atomic E-state index is 12.4. The van der Waals surface area contributed by atoms with E-state index in [2.05, 4.69) is 37.2 Å². The summed E-state index contributed by atoms with van der Waals surface area (Å²) in [6, 6.07) is -5.67. The van der Waals surface area contributed by atoms with Crippen LogP contribution in [0.1, 0.15) is 41.5 Å². The standard InChI is InChI=1S/C22H38N8O8/c1-10(9-31)26-17(33)8-24-16(32)7-25-19(35)12(3)28-21(37)14(5)30-22(38)15(6)29-20(36)13(4)27-18(34)11(2)23/h9-15H,7-8,23H2,1-6H3,(H,24,32)(H,25,35)(H,26,33)(H,27,34)(H,28,37)(H,29,36)(H,30,38)/t10-,11-,12-,13-,14-,15-/m0/s1. The fourth-order valence-corrected chi connectivity index (χ4v) is 2.52. The van der Waals surface area contributed by atoms with Gasteiger partial charge in [0.15, 0.2) is 0 Å². The van der Waals surface area contributed by atoms with E-state index in [1.54, 1.807) is 0 Å². The number of carbonyl (C=O) groups excluding carboxylic acids is 8. The second-order valence-electron chi connectivity index (χ2n) is 8.70. The first-order valence-electron chi connectivity index (χ1n) is 11.8. The summed E-state index contributed by atoms with van der Waals surface area (Å²) in [5, 5.41) is 16.4. The maximum absolute atomic E-state index is 12.4. The van der Waals surface area contributed by atoms with Gasteiger partial charge in [-0.05, 0) is 41.5 Å². The lowest BCUT2D eigenvalue weighted by Gasteiger charge is -2.22. The van der Waals surface area contributed by atoms with Crippen molar-refractivity contribution < 1.29 is 38.4 Å². The van der Waals surface area contributed by atoms with Crippen LogP contribution in [0.4, 0.5) is 0 Å². The van der Waals surface area contributed by atoms with E-state index in [9.17, 15) is 38.4 Å². The topological polar surface area (TPSA) is 247 Å². The molecule has 7 amide bonds. The Labute approximate surface area is 220 Å². The van der Waals surface area contributed by atoms with Crippen molar-refractivity contribution in [1.82, 2.24) is 37.2 Å². The summed E-state index contributed by atoms with van der Waals surface area (Å²) >= 11 is 0. The molecule has 0 heterocycles. The third-order valence-electron chi connectivity index (χ3n) is 4.88. The van der Waals surface area contributed by atoms with Crippen molar-refractivity contribution in [2.75, 3.05) is 13.1 Å². The van der Waals surface area contributed by atoms with Gasteiger partial charge in [0.1, 0.15) is 30.5 Å². The number of carbonyl (C=O) groups is 8. The van der Waals surface area contributed by atoms with Crippen LogP contribution < -0.4 is 43.0 Å². The van der Waals surface area contributed by atoms with Crippen LogP contribution >= 0.6 is 0 Å². The number of hydrogen-bond acceptors (Lipinski definition) is 9. The van der Waals surface area contributed by atoms with E-state index >= 15 is 0 Å². The zero-order chi connectivity index (χ0) is 29.6. The third kappa shape index (κ3) is 13.3. The number of nitrogens with two attached hydrogens (primary N) is 1. The molecule has 16 nitrogen and oxygen atoms in total. The van der Waals surface area contributed by atoms with Crippen molar-refractivity contribution in [2.45, 2.75) is 77.8 Å². The van der Waals surface area contributed by atoms with Crippen molar-refractivity contribution in [3.8, 4) is 0 Å². The normalized spacial score (nSPS) is 15.1.